The molecule has 0 saturated carbocycles. The van der Waals surface area contributed by atoms with Crippen molar-refractivity contribution in [2.75, 3.05) is 25.0 Å². The van der Waals surface area contributed by atoms with E-state index >= 15 is 0 Å². The molecule has 5 nitrogen and oxygen atoms in total. The van der Waals surface area contributed by atoms with Crippen molar-refractivity contribution in [1.82, 2.24) is 9.88 Å². The Morgan fingerprint density at radius 2 is 2.50 bits per heavy atom. The van der Waals surface area contributed by atoms with Crippen molar-refractivity contribution in [1.29, 1.82) is 0 Å². The van der Waals surface area contributed by atoms with Crippen molar-refractivity contribution >= 4 is 34.8 Å². The van der Waals surface area contributed by atoms with Crippen LogP contribution in [0.25, 0.3) is 0 Å². The van der Waals surface area contributed by atoms with Crippen molar-refractivity contribution in [3.63, 3.8) is 0 Å². The maximum absolute atomic E-state index is 11.8. The first-order valence-corrected chi connectivity index (χ1v) is 6.73. The number of hydrogen-bond donors (Lipinski definition) is 2. The zero-order valence-electron chi connectivity index (χ0n) is 10.4. The van der Waals surface area contributed by atoms with Crippen LogP contribution in [0.4, 0.5) is 5.13 Å². The van der Waals surface area contributed by atoms with Crippen LogP contribution in [0.1, 0.15) is 18.5 Å². The number of nitrogens with one attached hydrogen (secondary N) is 1. The molecule has 0 aliphatic carbocycles. The highest BCUT2D eigenvalue weighted by Crippen LogP contribution is 2.17. The highest BCUT2D eigenvalue weighted by Gasteiger charge is 2.24. The largest absolute Gasteiger partial charge is 0.329 e. The van der Waals surface area contributed by atoms with E-state index in [0.717, 1.165) is 25.1 Å². The molecule has 1 atom stereocenters. The van der Waals surface area contributed by atoms with E-state index < -0.39 is 0 Å². The zero-order chi connectivity index (χ0) is 12.3. The monoisotopic (exact) mass is 290 g/mol. The smallest absolute Gasteiger partial charge is 0.240 e. The molecule has 102 valence electrons. The summed E-state index contributed by atoms with van der Waals surface area (Å²) in [4.78, 5) is 18.2. The summed E-state index contributed by atoms with van der Waals surface area (Å²) in [6, 6.07) is 0.360. The Balaban J connectivity index is 0.00000162. The van der Waals surface area contributed by atoms with Crippen molar-refractivity contribution in [2.24, 2.45) is 5.73 Å². The fraction of sp³-hybridized carbons (Fsp3) is 0.636. The number of aryl methyl sites for hydroxylation is 1. The number of halogens is 1. The number of carbonyl (C=O) groups excluding carboxylic acids is 1. The van der Waals surface area contributed by atoms with Crippen molar-refractivity contribution in [2.45, 2.75) is 25.8 Å². The second-order valence-electron chi connectivity index (χ2n) is 4.34. The van der Waals surface area contributed by atoms with Gasteiger partial charge in [-0.25, -0.2) is 4.98 Å². The van der Waals surface area contributed by atoms with Gasteiger partial charge in [0.25, 0.3) is 0 Å². The predicted molar refractivity (Wildman–Crippen MR) is 76.4 cm³/mol. The van der Waals surface area contributed by atoms with E-state index in [1.54, 1.807) is 0 Å². The molecule has 1 aromatic heterocycles. The van der Waals surface area contributed by atoms with Crippen LogP contribution in [0.3, 0.4) is 0 Å². The molecular weight excluding hydrogens is 272 g/mol. The van der Waals surface area contributed by atoms with Gasteiger partial charge < -0.3 is 11.1 Å². The first-order chi connectivity index (χ1) is 8.19. The van der Waals surface area contributed by atoms with Crippen molar-refractivity contribution in [3.05, 3.63) is 11.1 Å². The van der Waals surface area contributed by atoms with Gasteiger partial charge in [-0.2, -0.15) is 0 Å². The molecule has 2 heterocycles. The SMILES string of the molecule is Cc1csc(NC(=O)CN2CCCC2CN)n1.Cl. The topological polar surface area (TPSA) is 71.2 Å². The summed E-state index contributed by atoms with van der Waals surface area (Å²) in [5.41, 5.74) is 6.61. The van der Waals surface area contributed by atoms with E-state index in [-0.39, 0.29) is 18.3 Å². The molecule has 2 rings (SSSR count). The lowest BCUT2D eigenvalue weighted by Gasteiger charge is -2.21. The third kappa shape index (κ3) is 3.91. The first-order valence-electron chi connectivity index (χ1n) is 5.85. The first kappa shape index (κ1) is 15.4. The summed E-state index contributed by atoms with van der Waals surface area (Å²) in [5.74, 6) is -0.000278. The van der Waals surface area contributed by atoms with Crippen LogP contribution in [-0.2, 0) is 4.79 Å². The predicted octanol–water partition coefficient (Wildman–Crippen LogP) is 1.23. The standard InChI is InChI=1S/C11H18N4OS.ClH/c1-8-7-17-11(13-8)14-10(16)6-15-4-2-3-9(15)5-12;/h7,9H,2-6,12H2,1H3,(H,13,14,16);1H. The Kier molecular flexibility index (Phi) is 6.01. The summed E-state index contributed by atoms with van der Waals surface area (Å²) < 4.78 is 0. The van der Waals surface area contributed by atoms with Gasteiger partial charge in [0, 0.05) is 18.0 Å². The van der Waals surface area contributed by atoms with Gasteiger partial charge in [-0.3, -0.25) is 9.69 Å². The number of nitrogens with two attached hydrogens (primary N) is 1. The highest BCUT2D eigenvalue weighted by atomic mass is 35.5. The van der Waals surface area contributed by atoms with E-state index in [4.69, 9.17) is 5.73 Å². The van der Waals surface area contributed by atoms with Crippen LogP contribution >= 0.6 is 23.7 Å². The molecule has 0 aromatic carbocycles. The number of carbonyl (C=O) groups is 1. The molecule has 7 heteroatoms. The summed E-state index contributed by atoms with van der Waals surface area (Å²) >= 11 is 1.46. The summed E-state index contributed by atoms with van der Waals surface area (Å²) in [7, 11) is 0. The van der Waals surface area contributed by atoms with Crippen LogP contribution in [-0.4, -0.2) is 41.5 Å². The summed E-state index contributed by atoms with van der Waals surface area (Å²) in [5, 5.41) is 5.42. The maximum Gasteiger partial charge on any atom is 0.240 e. The highest BCUT2D eigenvalue weighted by molar-refractivity contribution is 7.13. The van der Waals surface area contributed by atoms with Gasteiger partial charge in [0.2, 0.25) is 5.91 Å². The van der Waals surface area contributed by atoms with E-state index in [1.807, 2.05) is 12.3 Å². The molecule has 3 N–H and O–H groups in total. The van der Waals surface area contributed by atoms with Crippen LogP contribution in [0.5, 0.6) is 0 Å². The second kappa shape index (κ2) is 7.04. The third-order valence-corrected chi connectivity index (χ3v) is 3.86. The van der Waals surface area contributed by atoms with Crippen LogP contribution in [0, 0.1) is 6.92 Å². The maximum atomic E-state index is 11.8. The molecule has 0 spiro atoms. The average Bonchev–Trinajstić information content (AvgIpc) is 2.87. The molecule has 18 heavy (non-hydrogen) atoms. The number of aromatic nitrogens is 1. The lowest BCUT2D eigenvalue weighted by Crippen LogP contribution is -2.40. The number of likely N-dealkylation sites (tertiary alicyclic amines) is 1. The van der Waals surface area contributed by atoms with Gasteiger partial charge in [0.15, 0.2) is 5.13 Å². The molecule has 1 aliphatic rings. The second-order valence-corrected chi connectivity index (χ2v) is 5.20. The fourth-order valence-corrected chi connectivity index (χ4v) is 2.83. The molecule has 1 amide bonds. The van der Waals surface area contributed by atoms with Gasteiger partial charge >= 0.3 is 0 Å². The average molecular weight is 291 g/mol. The minimum Gasteiger partial charge on any atom is -0.329 e. The van der Waals surface area contributed by atoms with Gasteiger partial charge in [-0.1, -0.05) is 0 Å². The number of anilines is 1. The van der Waals surface area contributed by atoms with Gasteiger partial charge in [0.1, 0.15) is 0 Å². The molecule has 0 radical (unpaired) electrons. The quantitative estimate of drug-likeness (QED) is 0.875. The molecule has 1 unspecified atom stereocenters. The van der Waals surface area contributed by atoms with Crippen molar-refractivity contribution in [3.8, 4) is 0 Å². The summed E-state index contributed by atoms with van der Waals surface area (Å²) in [6.07, 6.45) is 2.23. The summed E-state index contributed by atoms with van der Waals surface area (Å²) in [6.45, 7) is 3.92. The van der Waals surface area contributed by atoms with Crippen molar-refractivity contribution < 1.29 is 4.79 Å². The van der Waals surface area contributed by atoms with E-state index in [2.05, 4.69) is 15.2 Å². The number of thiazole rings is 1. The van der Waals surface area contributed by atoms with Crippen LogP contribution in [0.15, 0.2) is 5.38 Å². The third-order valence-electron chi connectivity index (χ3n) is 2.98. The molecule has 1 saturated heterocycles. The molecular formula is C11H19ClN4OS. The lowest BCUT2D eigenvalue weighted by molar-refractivity contribution is -0.117. The van der Waals surface area contributed by atoms with E-state index in [0.29, 0.717) is 24.3 Å². The Morgan fingerprint density at radius 1 is 1.72 bits per heavy atom. The van der Waals surface area contributed by atoms with Gasteiger partial charge in [-0.05, 0) is 26.3 Å². The molecule has 1 aromatic rings. The van der Waals surface area contributed by atoms with E-state index in [1.165, 1.54) is 11.3 Å². The lowest BCUT2D eigenvalue weighted by atomic mass is 10.2. The van der Waals surface area contributed by atoms with Gasteiger partial charge in [0.05, 0.1) is 12.2 Å². The number of hydrogen-bond acceptors (Lipinski definition) is 5. The van der Waals surface area contributed by atoms with Gasteiger partial charge in [-0.15, -0.1) is 23.7 Å². The Bertz CT molecular complexity index is 398. The number of nitrogens with zero attached hydrogens (tertiary/aromatic N) is 2. The van der Waals surface area contributed by atoms with Crippen LogP contribution in [0.2, 0.25) is 0 Å². The fourth-order valence-electron chi connectivity index (χ4n) is 2.12. The Hall–Kier alpha value is -0.690. The normalized spacial score (nSPS) is 19.6. The number of amides is 1. The zero-order valence-corrected chi connectivity index (χ0v) is 12.0. The minimum absolute atomic E-state index is 0. The molecule has 0 bridgehead atoms. The minimum atomic E-state index is -0.000278. The number of rotatable bonds is 4. The molecule has 1 fully saturated rings. The Morgan fingerprint density at radius 3 is 3.11 bits per heavy atom. The van der Waals surface area contributed by atoms with E-state index in [9.17, 15) is 4.79 Å². The van der Waals surface area contributed by atoms with Crippen LogP contribution < -0.4 is 11.1 Å². The molecule has 1 aliphatic heterocycles. The Labute approximate surface area is 117 Å².